The van der Waals surface area contributed by atoms with Gasteiger partial charge in [-0.3, -0.25) is 4.79 Å². The summed E-state index contributed by atoms with van der Waals surface area (Å²) in [5.74, 6) is 0.529. The van der Waals surface area contributed by atoms with Gasteiger partial charge in [-0.05, 0) is 44.4 Å². The van der Waals surface area contributed by atoms with E-state index < -0.39 is 0 Å². The summed E-state index contributed by atoms with van der Waals surface area (Å²) in [5.41, 5.74) is 3.69. The summed E-state index contributed by atoms with van der Waals surface area (Å²) >= 11 is 0. The fraction of sp³-hybridized carbons (Fsp3) is 0.286. The quantitative estimate of drug-likeness (QED) is 0.754. The monoisotopic (exact) mass is 362 g/mol. The fourth-order valence-electron chi connectivity index (χ4n) is 3.42. The lowest BCUT2D eigenvalue weighted by atomic mass is 9.93. The molecule has 0 saturated heterocycles. The average Bonchev–Trinajstić information content (AvgIpc) is 3.15. The van der Waals surface area contributed by atoms with Gasteiger partial charge in [-0.25, -0.2) is 9.67 Å². The summed E-state index contributed by atoms with van der Waals surface area (Å²) in [6, 6.07) is 13.1. The van der Waals surface area contributed by atoms with Crippen LogP contribution >= 0.6 is 0 Å². The van der Waals surface area contributed by atoms with Crippen molar-refractivity contribution < 1.29 is 9.53 Å². The molecule has 138 valence electrons. The molecule has 1 amide bonds. The Hall–Kier alpha value is -3.15. The molecular formula is C21H22N4O2. The number of nitrogens with zero attached hydrogens (tertiary/aromatic N) is 3. The summed E-state index contributed by atoms with van der Waals surface area (Å²) in [4.78, 5) is 16.8. The molecule has 4 rings (SSSR count). The number of amides is 1. The third kappa shape index (κ3) is 3.69. The number of nitrogens with one attached hydrogen (secondary N) is 1. The summed E-state index contributed by atoms with van der Waals surface area (Å²) in [5, 5.41) is 7.89. The van der Waals surface area contributed by atoms with Crippen LogP contribution in [0.5, 0.6) is 5.88 Å². The van der Waals surface area contributed by atoms with Gasteiger partial charge in [-0.15, -0.1) is 0 Å². The van der Waals surface area contributed by atoms with Crippen molar-refractivity contribution in [2.45, 2.75) is 32.2 Å². The van der Waals surface area contributed by atoms with Gasteiger partial charge in [-0.2, -0.15) is 5.10 Å². The molecule has 6 nitrogen and oxygen atoms in total. The van der Waals surface area contributed by atoms with E-state index in [0.29, 0.717) is 18.1 Å². The number of carbonyl (C=O) groups is 1. The third-order valence-electron chi connectivity index (χ3n) is 4.72. The number of benzene rings is 1. The van der Waals surface area contributed by atoms with E-state index in [4.69, 9.17) is 9.84 Å². The summed E-state index contributed by atoms with van der Waals surface area (Å²) in [6.07, 6.45) is 6.57. The molecule has 2 aromatic heterocycles. The lowest BCUT2D eigenvalue weighted by Crippen LogP contribution is -2.30. The Morgan fingerprint density at radius 2 is 2.15 bits per heavy atom. The van der Waals surface area contributed by atoms with E-state index in [2.05, 4.69) is 10.3 Å². The van der Waals surface area contributed by atoms with Crippen LogP contribution in [0.2, 0.25) is 0 Å². The second-order valence-corrected chi connectivity index (χ2v) is 6.55. The fourth-order valence-corrected chi connectivity index (χ4v) is 3.42. The SMILES string of the molecule is CCOc1cc(-n2cc3c(n2)CCC[C@@H]3NC(=O)c2ccccc2)ccn1. The van der Waals surface area contributed by atoms with Crippen molar-refractivity contribution >= 4 is 5.91 Å². The zero-order valence-corrected chi connectivity index (χ0v) is 15.3. The number of hydrogen-bond acceptors (Lipinski definition) is 4. The van der Waals surface area contributed by atoms with Crippen LogP contribution in [-0.4, -0.2) is 27.3 Å². The Labute approximate surface area is 158 Å². The van der Waals surface area contributed by atoms with E-state index in [1.165, 1.54) is 0 Å². The normalized spacial score (nSPS) is 15.8. The van der Waals surface area contributed by atoms with Gasteiger partial charge in [0.25, 0.3) is 5.91 Å². The molecular weight excluding hydrogens is 340 g/mol. The molecule has 3 aromatic rings. The lowest BCUT2D eigenvalue weighted by molar-refractivity contribution is 0.0932. The Morgan fingerprint density at radius 1 is 1.30 bits per heavy atom. The van der Waals surface area contributed by atoms with Crippen molar-refractivity contribution in [1.82, 2.24) is 20.1 Å². The van der Waals surface area contributed by atoms with Crippen molar-refractivity contribution in [1.29, 1.82) is 0 Å². The van der Waals surface area contributed by atoms with Gasteiger partial charge in [0.05, 0.1) is 24.0 Å². The molecule has 0 spiro atoms. The molecule has 0 aliphatic heterocycles. The number of ether oxygens (including phenoxy) is 1. The van der Waals surface area contributed by atoms with Crippen LogP contribution in [0, 0.1) is 0 Å². The average molecular weight is 362 g/mol. The van der Waals surface area contributed by atoms with Gasteiger partial charge < -0.3 is 10.1 Å². The topological polar surface area (TPSA) is 69.0 Å². The van der Waals surface area contributed by atoms with Gasteiger partial charge in [0.2, 0.25) is 5.88 Å². The molecule has 1 atom stereocenters. The summed E-state index contributed by atoms with van der Waals surface area (Å²) in [6.45, 7) is 2.50. The minimum absolute atomic E-state index is 0.0246. The largest absolute Gasteiger partial charge is 0.478 e. The molecule has 1 aromatic carbocycles. The van der Waals surface area contributed by atoms with Crippen LogP contribution < -0.4 is 10.1 Å². The minimum atomic E-state index is -0.0521. The van der Waals surface area contributed by atoms with Gasteiger partial charge in [-0.1, -0.05) is 18.2 Å². The number of pyridine rings is 1. The molecule has 0 radical (unpaired) electrons. The number of rotatable bonds is 5. The van der Waals surface area contributed by atoms with Crippen molar-refractivity contribution in [3.8, 4) is 11.6 Å². The molecule has 1 N–H and O–H groups in total. The smallest absolute Gasteiger partial charge is 0.251 e. The van der Waals surface area contributed by atoms with E-state index in [1.54, 1.807) is 6.20 Å². The zero-order chi connectivity index (χ0) is 18.6. The highest BCUT2D eigenvalue weighted by Gasteiger charge is 2.25. The maximum absolute atomic E-state index is 12.6. The second kappa shape index (κ2) is 7.61. The van der Waals surface area contributed by atoms with Crippen LogP contribution in [0.15, 0.2) is 54.9 Å². The van der Waals surface area contributed by atoms with E-state index in [-0.39, 0.29) is 11.9 Å². The van der Waals surface area contributed by atoms with Crippen LogP contribution in [-0.2, 0) is 6.42 Å². The minimum Gasteiger partial charge on any atom is -0.478 e. The number of carbonyl (C=O) groups excluding carboxylic acids is 1. The van der Waals surface area contributed by atoms with Crippen molar-refractivity contribution in [2.24, 2.45) is 0 Å². The second-order valence-electron chi connectivity index (χ2n) is 6.55. The van der Waals surface area contributed by atoms with Gasteiger partial charge >= 0.3 is 0 Å². The van der Waals surface area contributed by atoms with Gasteiger partial charge in [0, 0.05) is 29.6 Å². The zero-order valence-electron chi connectivity index (χ0n) is 15.3. The number of aromatic nitrogens is 3. The predicted octanol–water partition coefficient (Wildman–Crippen LogP) is 3.47. The molecule has 1 aliphatic rings. The highest BCUT2D eigenvalue weighted by atomic mass is 16.5. The Kier molecular flexibility index (Phi) is 4.87. The number of aryl methyl sites for hydroxylation is 1. The van der Waals surface area contributed by atoms with E-state index in [1.807, 2.05) is 60.3 Å². The van der Waals surface area contributed by atoms with E-state index in [9.17, 15) is 4.79 Å². The van der Waals surface area contributed by atoms with E-state index >= 15 is 0 Å². The van der Waals surface area contributed by atoms with Crippen molar-refractivity contribution in [3.05, 3.63) is 71.7 Å². The van der Waals surface area contributed by atoms with Gasteiger partial charge in [0.15, 0.2) is 0 Å². The standard InChI is InChI=1S/C21H22N4O2/c1-2-27-20-13-16(11-12-22-20)25-14-17-18(9-6-10-19(17)24-25)23-21(26)15-7-4-3-5-8-15/h3-5,7-8,11-14,18H,2,6,9-10H2,1H3,(H,23,26)/t18-/m0/s1. The molecule has 27 heavy (non-hydrogen) atoms. The number of fused-ring (bicyclic) bond motifs is 1. The third-order valence-corrected chi connectivity index (χ3v) is 4.72. The Bertz CT molecular complexity index is 936. The molecule has 0 fully saturated rings. The summed E-state index contributed by atoms with van der Waals surface area (Å²) < 4.78 is 7.33. The summed E-state index contributed by atoms with van der Waals surface area (Å²) in [7, 11) is 0. The van der Waals surface area contributed by atoms with Crippen molar-refractivity contribution in [2.75, 3.05) is 6.61 Å². The van der Waals surface area contributed by atoms with Crippen LogP contribution in [0.3, 0.4) is 0 Å². The van der Waals surface area contributed by atoms with Crippen LogP contribution in [0.1, 0.15) is 47.4 Å². The first-order valence-corrected chi connectivity index (χ1v) is 9.28. The molecule has 2 heterocycles. The van der Waals surface area contributed by atoms with Crippen molar-refractivity contribution in [3.63, 3.8) is 0 Å². The molecule has 1 aliphatic carbocycles. The Morgan fingerprint density at radius 3 is 2.96 bits per heavy atom. The highest BCUT2D eigenvalue weighted by molar-refractivity contribution is 5.94. The molecule has 0 saturated carbocycles. The maximum Gasteiger partial charge on any atom is 0.251 e. The van der Waals surface area contributed by atoms with Gasteiger partial charge in [0.1, 0.15) is 0 Å². The van der Waals surface area contributed by atoms with Crippen LogP contribution in [0.4, 0.5) is 0 Å². The first-order valence-electron chi connectivity index (χ1n) is 9.28. The Balaban J connectivity index is 1.58. The highest BCUT2D eigenvalue weighted by Crippen LogP contribution is 2.30. The number of hydrogen-bond donors (Lipinski definition) is 1. The maximum atomic E-state index is 12.6. The first-order chi connectivity index (χ1) is 13.2. The molecule has 0 unspecified atom stereocenters. The molecule has 0 bridgehead atoms. The molecule has 6 heteroatoms. The predicted molar refractivity (Wildman–Crippen MR) is 102 cm³/mol. The first kappa shape index (κ1) is 17.3. The van der Waals surface area contributed by atoms with Crippen LogP contribution in [0.25, 0.3) is 5.69 Å². The lowest BCUT2D eigenvalue weighted by Gasteiger charge is -2.22. The van der Waals surface area contributed by atoms with E-state index in [0.717, 1.165) is 36.2 Å².